The van der Waals surface area contributed by atoms with Crippen molar-refractivity contribution in [2.24, 2.45) is 0 Å². The molecule has 0 saturated heterocycles. The van der Waals surface area contributed by atoms with E-state index in [-0.39, 0.29) is 11.9 Å². The molecule has 0 atom stereocenters. The predicted octanol–water partition coefficient (Wildman–Crippen LogP) is 2.76. The average molecular weight is 332 g/mol. The van der Waals surface area contributed by atoms with E-state index in [0.29, 0.717) is 26.1 Å². The Morgan fingerprint density at radius 3 is 2.58 bits per heavy atom. The van der Waals surface area contributed by atoms with Crippen LogP contribution in [0.1, 0.15) is 38.0 Å². The van der Waals surface area contributed by atoms with Gasteiger partial charge in [-0.2, -0.15) is 0 Å². The molecule has 128 valence electrons. The zero-order valence-corrected chi connectivity index (χ0v) is 14.1. The Morgan fingerprint density at radius 1 is 1.21 bits per heavy atom. The molecule has 1 aromatic carbocycles. The third-order valence-electron chi connectivity index (χ3n) is 3.76. The predicted molar refractivity (Wildman–Crippen MR) is 85.9 cm³/mol. The average Bonchev–Trinajstić information content (AvgIpc) is 2.90. The molecule has 1 amide bonds. The van der Waals surface area contributed by atoms with Gasteiger partial charge in [0.1, 0.15) is 17.2 Å². The summed E-state index contributed by atoms with van der Waals surface area (Å²) in [6.45, 7) is 7.09. The molecule has 0 N–H and O–H groups in total. The van der Waals surface area contributed by atoms with E-state index in [1.807, 2.05) is 25.3 Å². The molecule has 0 aliphatic carbocycles. The highest BCUT2D eigenvalue weighted by Crippen LogP contribution is 2.18. The third kappa shape index (κ3) is 3.72. The minimum Gasteiger partial charge on any atom is -0.444 e. The Morgan fingerprint density at radius 2 is 1.92 bits per heavy atom. The highest BCUT2D eigenvalue weighted by Gasteiger charge is 2.28. The summed E-state index contributed by atoms with van der Waals surface area (Å²) in [5, 5.41) is 8.41. The van der Waals surface area contributed by atoms with Gasteiger partial charge >= 0.3 is 6.09 Å². The van der Waals surface area contributed by atoms with Crippen LogP contribution < -0.4 is 0 Å². The van der Waals surface area contributed by atoms with Gasteiger partial charge in [-0.25, -0.2) is 9.18 Å². The van der Waals surface area contributed by atoms with Gasteiger partial charge in [-0.05, 0) is 38.5 Å². The molecule has 0 radical (unpaired) electrons. The van der Waals surface area contributed by atoms with Crippen molar-refractivity contribution in [1.82, 2.24) is 19.7 Å². The van der Waals surface area contributed by atoms with Crippen LogP contribution in [0.4, 0.5) is 9.18 Å². The monoisotopic (exact) mass is 332 g/mol. The molecule has 7 heteroatoms. The van der Waals surface area contributed by atoms with Crippen LogP contribution in [0.3, 0.4) is 0 Å². The lowest BCUT2D eigenvalue weighted by molar-refractivity contribution is 0.0194. The molecule has 0 spiro atoms. The smallest absolute Gasteiger partial charge is 0.410 e. The highest BCUT2D eigenvalue weighted by molar-refractivity contribution is 5.68. The summed E-state index contributed by atoms with van der Waals surface area (Å²) in [5.74, 6) is 1.31. The second-order valence-electron chi connectivity index (χ2n) is 6.89. The number of rotatable bonds is 2. The first-order chi connectivity index (χ1) is 11.3. The van der Waals surface area contributed by atoms with Gasteiger partial charge in [0.05, 0.1) is 6.54 Å². The van der Waals surface area contributed by atoms with Crippen LogP contribution in [0.2, 0.25) is 0 Å². The van der Waals surface area contributed by atoms with Crippen molar-refractivity contribution < 1.29 is 13.9 Å². The summed E-state index contributed by atoms with van der Waals surface area (Å²) in [4.78, 5) is 13.8. The van der Waals surface area contributed by atoms with Crippen molar-refractivity contribution >= 4 is 6.09 Å². The number of amides is 1. The Bertz CT molecular complexity index is 734. The Kier molecular flexibility index (Phi) is 4.26. The zero-order valence-electron chi connectivity index (χ0n) is 14.1. The fraction of sp³-hybridized carbons (Fsp3) is 0.471. The van der Waals surface area contributed by atoms with E-state index >= 15 is 0 Å². The first-order valence-corrected chi connectivity index (χ1v) is 7.95. The van der Waals surface area contributed by atoms with E-state index in [4.69, 9.17) is 4.74 Å². The number of fused-ring (bicyclic) bond motifs is 1. The van der Waals surface area contributed by atoms with Gasteiger partial charge in [-0.3, -0.25) is 4.90 Å². The molecule has 1 aliphatic heterocycles. The van der Waals surface area contributed by atoms with Crippen LogP contribution in [0, 0.1) is 5.82 Å². The molecule has 1 aromatic heterocycles. The molecule has 0 fully saturated rings. The van der Waals surface area contributed by atoms with Crippen LogP contribution in [-0.2, 0) is 24.2 Å². The number of carbonyl (C=O) groups is 1. The first kappa shape index (κ1) is 16.4. The van der Waals surface area contributed by atoms with Gasteiger partial charge in [0.2, 0.25) is 0 Å². The Labute approximate surface area is 140 Å². The maximum atomic E-state index is 13.0. The lowest BCUT2D eigenvalue weighted by atomic mass is 10.1. The Balaban J connectivity index is 1.70. The molecule has 3 rings (SSSR count). The molecular weight excluding hydrogens is 311 g/mol. The standard InChI is InChI=1S/C17H21FN4O2/c1-17(2,3)24-16(23)21-8-9-22-14(19-20-15(22)11-21)10-12-4-6-13(18)7-5-12/h4-7H,8-11H2,1-3H3. The molecule has 24 heavy (non-hydrogen) atoms. The minimum absolute atomic E-state index is 0.255. The van der Waals surface area contributed by atoms with Crippen LogP contribution in [0.5, 0.6) is 0 Å². The van der Waals surface area contributed by atoms with E-state index in [9.17, 15) is 9.18 Å². The molecule has 1 aliphatic rings. The first-order valence-electron chi connectivity index (χ1n) is 7.95. The number of aromatic nitrogens is 3. The summed E-state index contributed by atoms with van der Waals surface area (Å²) in [5.41, 5.74) is 0.455. The maximum Gasteiger partial charge on any atom is 0.410 e. The lowest BCUT2D eigenvalue weighted by Crippen LogP contribution is -2.41. The summed E-state index contributed by atoms with van der Waals surface area (Å²) in [7, 11) is 0. The van der Waals surface area contributed by atoms with Gasteiger partial charge in [0.25, 0.3) is 0 Å². The van der Waals surface area contributed by atoms with Gasteiger partial charge in [0, 0.05) is 19.5 Å². The van der Waals surface area contributed by atoms with Crippen molar-refractivity contribution in [2.45, 2.75) is 45.9 Å². The van der Waals surface area contributed by atoms with E-state index in [1.54, 1.807) is 17.0 Å². The van der Waals surface area contributed by atoms with E-state index < -0.39 is 5.60 Å². The molecule has 6 nitrogen and oxygen atoms in total. The summed E-state index contributed by atoms with van der Waals surface area (Å²) in [6.07, 6.45) is 0.247. The molecule has 0 bridgehead atoms. The fourth-order valence-electron chi connectivity index (χ4n) is 2.62. The number of hydrogen-bond donors (Lipinski definition) is 0. The number of halogens is 1. The maximum absolute atomic E-state index is 13.0. The second kappa shape index (κ2) is 6.22. The van der Waals surface area contributed by atoms with E-state index in [2.05, 4.69) is 10.2 Å². The van der Waals surface area contributed by atoms with Crippen LogP contribution >= 0.6 is 0 Å². The zero-order chi connectivity index (χ0) is 17.3. The second-order valence-corrected chi connectivity index (χ2v) is 6.89. The van der Waals surface area contributed by atoms with Crippen molar-refractivity contribution in [3.8, 4) is 0 Å². The Hall–Kier alpha value is -2.44. The number of benzene rings is 1. The van der Waals surface area contributed by atoms with Crippen LogP contribution in [-0.4, -0.2) is 37.9 Å². The van der Waals surface area contributed by atoms with Crippen molar-refractivity contribution in [1.29, 1.82) is 0 Å². The number of ether oxygens (including phenoxy) is 1. The number of nitrogens with zero attached hydrogens (tertiary/aromatic N) is 4. The summed E-state index contributed by atoms with van der Waals surface area (Å²) >= 11 is 0. The van der Waals surface area contributed by atoms with E-state index in [1.165, 1.54) is 12.1 Å². The van der Waals surface area contributed by atoms with Gasteiger partial charge in [-0.1, -0.05) is 12.1 Å². The molecular formula is C17H21FN4O2. The quantitative estimate of drug-likeness (QED) is 0.848. The van der Waals surface area contributed by atoms with Gasteiger partial charge in [0.15, 0.2) is 5.82 Å². The number of carbonyl (C=O) groups excluding carboxylic acids is 1. The summed E-state index contributed by atoms with van der Waals surface area (Å²) in [6, 6.07) is 6.36. The number of hydrogen-bond acceptors (Lipinski definition) is 4. The largest absolute Gasteiger partial charge is 0.444 e. The van der Waals surface area contributed by atoms with Gasteiger partial charge < -0.3 is 9.30 Å². The molecule has 2 aromatic rings. The topological polar surface area (TPSA) is 60.2 Å². The highest BCUT2D eigenvalue weighted by atomic mass is 19.1. The molecule has 2 heterocycles. The van der Waals surface area contributed by atoms with Crippen molar-refractivity contribution in [2.75, 3.05) is 6.54 Å². The van der Waals surface area contributed by atoms with Crippen LogP contribution in [0.15, 0.2) is 24.3 Å². The molecule has 0 unspecified atom stereocenters. The summed E-state index contributed by atoms with van der Waals surface area (Å²) < 4.78 is 20.4. The lowest BCUT2D eigenvalue weighted by Gasteiger charge is -2.30. The SMILES string of the molecule is CC(C)(C)OC(=O)N1CCn2c(Cc3ccc(F)cc3)nnc2C1. The fourth-order valence-corrected chi connectivity index (χ4v) is 2.62. The normalized spacial score (nSPS) is 14.4. The van der Waals surface area contributed by atoms with Crippen LogP contribution in [0.25, 0.3) is 0 Å². The van der Waals surface area contributed by atoms with Gasteiger partial charge in [-0.15, -0.1) is 10.2 Å². The van der Waals surface area contributed by atoms with Crippen molar-refractivity contribution in [3.05, 3.63) is 47.3 Å². The third-order valence-corrected chi connectivity index (χ3v) is 3.76. The van der Waals surface area contributed by atoms with E-state index in [0.717, 1.165) is 17.2 Å². The minimum atomic E-state index is -0.518. The molecule has 0 saturated carbocycles. The van der Waals surface area contributed by atoms with Crippen molar-refractivity contribution in [3.63, 3.8) is 0 Å².